The third-order valence-electron chi connectivity index (χ3n) is 6.25. The minimum absolute atomic E-state index is 0.0940. The van der Waals surface area contributed by atoms with Crippen molar-refractivity contribution in [2.24, 2.45) is 11.8 Å². The molecule has 1 aromatic rings. The molecule has 0 aromatic heterocycles. The third kappa shape index (κ3) is 8.51. The second-order valence-corrected chi connectivity index (χ2v) is 10.2. The van der Waals surface area contributed by atoms with Crippen molar-refractivity contribution in [1.82, 2.24) is 4.90 Å². The van der Waals surface area contributed by atoms with Crippen LogP contribution >= 0.6 is 11.8 Å². The number of benzene rings is 1. The summed E-state index contributed by atoms with van der Waals surface area (Å²) in [6.07, 6.45) is 4.05. The molecule has 0 saturated carbocycles. The van der Waals surface area contributed by atoms with E-state index >= 15 is 0 Å². The van der Waals surface area contributed by atoms with E-state index in [2.05, 4.69) is 13.8 Å². The lowest BCUT2D eigenvalue weighted by Crippen LogP contribution is -2.39. The van der Waals surface area contributed by atoms with E-state index < -0.39 is 17.4 Å². The number of nitrogens with zero attached hydrogens (tertiary/aromatic N) is 1. The van der Waals surface area contributed by atoms with Gasteiger partial charge in [0.2, 0.25) is 5.91 Å². The van der Waals surface area contributed by atoms with Crippen molar-refractivity contribution in [2.45, 2.75) is 76.0 Å². The number of aliphatic carboxylic acids is 1. The number of piperidine rings is 1. The van der Waals surface area contributed by atoms with Crippen molar-refractivity contribution in [3.05, 3.63) is 41.1 Å². The van der Waals surface area contributed by atoms with Gasteiger partial charge >= 0.3 is 11.9 Å². The van der Waals surface area contributed by atoms with Crippen molar-refractivity contribution in [2.75, 3.05) is 6.54 Å². The molecule has 3 N–H and O–H groups in total. The van der Waals surface area contributed by atoms with Crippen LogP contribution in [0.15, 0.2) is 40.4 Å². The summed E-state index contributed by atoms with van der Waals surface area (Å²) < 4.78 is 0. The molecule has 1 heterocycles. The van der Waals surface area contributed by atoms with Gasteiger partial charge in [0, 0.05) is 36.4 Å². The zero-order valence-electron chi connectivity index (χ0n) is 19.6. The minimum Gasteiger partial charge on any atom is -0.481 e. The molecule has 182 valence electrons. The second kappa shape index (κ2) is 12.8. The van der Waals surface area contributed by atoms with Crippen LogP contribution in [0.3, 0.4) is 0 Å². The van der Waals surface area contributed by atoms with Crippen molar-refractivity contribution in [3.63, 3.8) is 0 Å². The lowest BCUT2D eigenvalue weighted by Gasteiger charge is -2.35. The molecule has 7 nitrogen and oxygen atoms in total. The van der Waals surface area contributed by atoms with E-state index in [1.54, 1.807) is 18.2 Å². The standard InChI is InChI=1S/C25H35NO6S/c1-16(7-4-12-23(28)29)18(3)15-26-21(10-6-11-22(26)27)17(2)13-24(30)33-20-9-5-8-19(14-20)25(31)32/h5,8-9,14,16,18,24,30H,4,6-7,10-13,15H2,1-3H3,(H,28,29)(H,31,32)/b21-17-/t16-,18+,24?/m0/s1. The van der Waals surface area contributed by atoms with Crippen LogP contribution in [-0.2, 0) is 9.59 Å². The number of amides is 1. The summed E-state index contributed by atoms with van der Waals surface area (Å²) in [5.41, 5.74) is 1.35. The average Bonchev–Trinajstić information content (AvgIpc) is 2.74. The molecule has 1 fully saturated rings. The number of thioether (sulfide) groups is 1. The summed E-state index contributed by atoms with van der Waals surface area (Å²) in [6.45, 7) is 6.73. The quantitative estimate of drug-likeness (QED) is 0.287. The fourth-order valence-electron chi connectivity index (χ4n) is 4.09. The highest BCUT2D eigenvalue weighted by molar-refractivity contribution is 7.99. The SMILES string of the molecule is C/C(CC(O)Sc1cccc(C(=O)O)c1)=C1\CCCC(=O)N1C[C@@H](C)[C@@H](C)CCCC(=O)O. The van der Waals surface area contributed by atoms with Crippen LogP contribution in [0.2, 0.25) is 0 Å². The minimum atomic E-state index is -1.01. The van der Waals surface area contributed by atoms with E-state index in [-0.39, 0.29) is 23.8 Å². The maximum Gasteiger partial charge on any atom is 0.335 e. The van der Waals surface area contributed by atoms with E-state index in [4.69, 9.17) is 10.2 Å². The number of rotatable bonds is 12. The molecule has 3 atom stereocenters. The fourth-order valence-corrected chi connectivity index (χ4v) is 5.09. The topological polar surface area (TPSA) is 115 Å². The number of carboxylic acid groups (broad SMARTS) is 2. The number of carbonyl (C=O) groups excluding carboxylic acids is 1. The van der Waals surface area contributed by atoms with Crippen LogP contribution in [0.1, 0.15) is 76.1 Å². The Balaban J connectivity index is 2.05. The predicted molar refractivity (Wildman–Crippen MR) is 128 cm³/mol. The van der Waals surface area contributed by atoms with Crippen molar-refractivity contribution in [1.29, 1.82) is 0 Å². The Morgan fingerprint density at radius 1 is 1.15 bits per heavy atom. The monoisotopic (exact) mass is 477 g/mol. The third-order valence-corrected chi connectivity index (χ3v) is 7.21. The molecule has 0 bridgehead atoms. The van der Waals surface area contributed by atoms with E-state index in [1.165, 1.54) is 17.8 Å². The Labute approximate surface area is 199 Å². The van der Waals surface area contributed by atoms with Gasteiger partial charge in [-0.1, -0.05) is 37.2 Å². The van der Waals surface area contributed by atoms with E-state index in [1.807, 2.05) is 11.8 Å². The van der Waals surface area contributed by atoms with Crippen molar-refractivity contribution < 1.29 is 29.7 Å². The highest BCUT2D eigenvalue weighted by Crippen LogP contribution is 2.32. The first-order valence-electron chi connectivity index (χ1n) is 11.5. The van der Waals surface area contributed by atoms with Gasteiger partial charge < -0.3 is 20.2 Å². The zero-order chi connectivity index (χ0) is 24.5. The molecule has 1 unspecified atom stereocenters. The summed E-state index contributed by atoms with van der Waals surface area (Å²) in [7, 11) is 0. The van der Waals surface area contributed by atoms with Gasteiger partial charge in [0.05, 0.1) is 5.56 Å². The van der Waals surface area contributed by atoms with E-state index in [0.29, 0.717) is 36.6 Å². The van der Waals surface area contributed by atoms with Gasteiger partial charge in [-0.15, -0.1) is 0 Å². The molecule has 0 aliphatic carbocycles. The van der Waals surface area contributed by atoms with Gasteiger partial charge in [-0.2, -0.15) is 0 Å². The van der Waals surface area contributed by atoms with Crippen LogP contribution in [-0.4, -0.2) is 50.0 Å². The first-order chi connectivity index (χ1) is 15.6. The Morgan fingerprint density at radius 3 is 2.55 bits per heavy atom. The number of aliphatic hydroxyl groups is 1. The molecule has 0 spiro atoms. The normalized spacial score (nSPS) is 18.5. The van der Waals surface area contributed by atoms with Crippen LogP contribution in [0, 0.1) is 11.8 Å². The lowest BCUT2D eigenvalue weighted by atomic mass is 9.89. The molecule has 1 saturated heterocycles. The van der Waals surface area contributed by atoms with Gasteiger partial charge in [-0.25, -0.2) is 4.79 Å². The summed E-state index contributed by atoms with van der Waals surface area (Å²) in [5.74, 6) is -1.18. The highest BCUT2D eigenvalue weighted by Gasteiger charge is 2.28. The highest BCUT2D eigenvalue weighted by atomic mass is 32.2. The van der Waals surface area contributed by atoms with Gasteiger partial charge in [-0.3, -0.25) is 9.59 Å². The first kappa shape index (κ1) is 26.9. The largest absolute Gasteiger partial charge is 0.481 e. The van der Waals surface area contributed by atoms with E-state index in [0.717, 1.165) is 30.5 Å². The number of hydrogen-bond acceptors (Lipinski definition) is 5. The zero-order valence-corrected chi connectivity index (χ0v) is 20.4. The van der Waals surface area contributed by atoms with E-state index in [9.17, 15) is 19.5 Å². The molecular weight excluding hydrogens is 442 g/mol. The predicted octanol–water partition coefficient (Wildman–Crippen LogP) is 5.00. The molecule has 8 heteroatoms. The van der Waals surface area contributed by atoms with Crippen molar-refractivity contribution >= 4 is 29.6 Å². The molecule has 33 heavy (non-hydrogen) atoms. The number of aromatic carboxylic acids is 1. The molecular formula is C25H35NO6S. The maximum absolute atomic E-state index is 12.7. The second-order valence-electron chi connectivity index (χ2n) is 8.94. The molecule has 0 radical (unpaired) electrons. The average molecular weight is 478 g/mol. The molecule has 1 aliphatic heterocycles. The molecule has 1 aliphatic rings. The molecule has 1 aromatic carbocycles. The van der Waals surface area contributed by atoms with Gasteiger partial charge in [0.15, 0.2) is 0 Å². The van der Waals surface area contributed by atoms with Gasteiger partial charge in [-0.05, 0) is 62.6 Å². The van der Waals surface area contributed by atoms with Crippen molar-refractivity contribution in [3.8, 4) is 0 Å². The number of carbonyl (C=O) groups is 3. The summed E-state index contributed by atoms with van der Waals surface area (Å²) in [6, 6.07) is 6.49. The lowest BCUT2D eigenvalue weighted by molar-refractivity contribution is -0.137. The first-order valence-corrected chi connectivity index (χ1v) is 12.3. The number of likely N-dealkylation sites (tertiary alicyclic amines) is 1. The van der Waals surface area contributed by atoms with Gasteiger partial charge in [0.1, 0.15) is 5.44 Å². The maximum atomic E-state index is 12.7. The number of carboxylic acids is 2. The molecule has 1 amide bonds. The summed E-state index contributed by atoms with van der Waals surface area (Å²) in [5, 5.41) is 28.6. The summed E-state index contributed by atoms with van der Waals surface area (Å²) in [4.78, 5) is 37.2. The fraction of sp³-hybridized carbons (Fsp3) is 0.560. The van der Waals surface area contributed by atoms with Crippen LogP contribution in [0.5, 0.6) is 0 Å². The number of aliphatic hydroxyl groups excluding tert-OH is 1. The van der Waals surface area contributed by atoms with Crippen LogP contribution in [0.25, 0.3) is 0 Å². The summed E-state index contributed by atoms with van der Waals surface area (Å²) >= 11 is 1.21. The van der Waals surface area contributed by atoms with Crippen LogP contribution < -0.4 is 0 Å². The Bertz CT molecular complexity index is 883. The smallest absolute Gasteiger partial charge is 0.335 e. The Kier molecular flexibility index (Phi) is 10.4. The number of allylic oxidation sites excluding steroid dienone is 1. The Hall–Kier alpha value is -2.32. The number of hydrogen-bond donors (Lipinski definition) is 3. The Morgan fingerprint density at radius 2 is 1.88 bits per heavy atom. The molecule has 2 rings (SSSR count). The van der Waals surface area contributed by atoms with Crippen LogP contribution in [0.4, 0.5) is 0 Å². The van der Waals surface area contributed by atoms with Gasteiger partial charge in [0.25, 0.3) is 0 Å².